The molecule has 0 aliphatic carbocycles. The molecule has 0 amide bonds. The lowest BCUT2D eigenvalue weighted by atomic mass is 9.87. The Labute approximate surface area is 273 Å². The third-order valence-electron chi connectivity index (χ3n) is 9.73. The normalized spacial score (nSPS) is 16.5. The van der Waals surface area contributed by atoms with E-state index in [-0.39, 0.29) is 5.92 Å². The van der Waals surface area contributed by atoms with Crippen molar-refractivity contribution in [1.29, 1.82) is 0 Å². The first-order valence-electron chi connectivity index (χ1n) is 15.9. The van der Waals surface area contributed by atoms with Crippen LogP contribution in [0.1, 0.15) is 50.7 Å². The molecule has 5 aromatic carbocycles. The van der Waals surface area contributed by atoms with Crippen LogP contribution in [-0.4, -0.2) is 10.2 Å². The summed E-state index contributed by atoms with van der Waals surface area (Å²) in [5, 5.41) is 5.57. The molecule has 1 aliphatic heterocycles. The maximum Gasteiger partial charge on any atom is 0.0465 e. The molecule has 0 saturated carbocycles. The molecule has 3 heterocycles. The summed E-state index contributed by atoms with van der Waals surface area (Å²) in [5.41, 5.74) is 11.6. The molecule has 45 heavy (non-hydrogen) atoms. The zero-order valence-electron chi connectivity index (χ0n) is 26.3. The quantitative estimate of drug-likeness (QED) is 0.183. The molecule has 7 aromatic rings. The number of thiophene rings is 1. The van der Waals surface area contributed by atoms with Gasteiger partial charge in [0.05, 0.1) is 0 Å². The Morgan fingerprint density at radius 3 is 2.02 bits per heavy atom. The number of rotatable bonds is 6. The summed E-state index contributed by atoms with van der Waals surface area (Å²) in [6.45, 7) is 17.8. The summed E-state index contributed by atoms with van der Waals surface area (Å²) in [6, 6.07) is 34.2. The van der Waals surface area contributed by atoms with E-state index < -0.39 is 0 Å². The van der Waals surface area contributed by atoms with Gasteiger partial charge in [0.25, 0.3) is 0 Å². The van der Waals surface area contributed by atoms with Crippen LogP contribution < -0.4 is 0 Å². The van der Waals surface area contributed by atoms with Gasteiger partial charge in [-0.2, -0.15) is 0 Å². The first-order chi connectivity index (χ1) is 21.8. The van der Waals surface area contributed by atoms with Crippen molar-refractivity contribution in [2.24, 2.45) is 5.92 Å². The van der Waals surface area contributed by atoms with Crippen LogP contribution in [0.25, 0.3) is 64.2 Å². The Morgan fingerprint density at radius 2 is 1.36 bits per heavy atom. The van der Waals surface area contributed by atoms with Crippen LogP contribution in [0.15, 0.2) is 121 Å². The molecule has 1 nitrogen and oxygen atoms in total. The second-order valence-corrected chi connectivity index (χ2v) is 15.2. The molecule has 0 spiro atoms. The number of benzene rings is 5. The molecule has 1 aliphatic rings. The highest BCUT2D eigenvalue weighted by Crippen LogP contribution is 2.53. The molecule has 8 rings (SSSR count). The zero-order chi connectivity index (χ0) is 31.0. The van der Waals surface area contributed by atoms with Gasteiger partial charge >= 0.3 is 0 Å². The van der Waals surface area contributed by atoms with Crippen LogP contribution >= 0.6 is 23.1 Å². The van der Waals surface area contributed by atoms with Gasteiger partial charge in [-0.1, -0.05) is 113 Å². The lowest BCUT2D eigenvalue weighted by Crippen LogP contribution is -2.14. The number of aromatic amines is 1. The van der Waals surface area contributed by atoms with Gasteiger partial charge in [0.15, 0.2) is 0 Å². The van der Waals surface area contributed by atoms with Crippen LogP contribution in [-0.2, 0) is 0 Å². The van der Waals surface area contributed by atoms with Crippen LogP contribution in [0.4, 0.5) is 0 Å². The second kappa shape index (κ2) is 10.8. The van der Waals surface area contributed by atoms with E-state index in [1.807, 2.05) is 23.1 Å². The van der Waals surface area contributed by atoms with Crippen LogP contribution in [0.2, 0.25) is 0 Å². The van der Waals surface area contributed by atoms with Gasteiger partial charge in [0, 0.05) is 58.0 Å². The largest absolute Gasteiger partial charge is 0.355 e. The molecule has 222 valence electrons. The van der Waals surface area contributed by atoms with Crippen molar-refractivity contribution < 1.29 is 0 Å². The van der Waals surface area contributed by atoms with Crippen molar-refractivity contribution in [3.63, 3.8) is 0 Å². The Morgan fingerprint density at radius 1 is 0.733 bits per heavy atom. The zero-order valence-corrected chi connectivity index (χ0v) is 27.9. The number of fused-ring (bicyclic) bond motifs is 7. The smallest absolute Gasteiger partial charge is 0.0465 e. The molecule has 2 aromatic heterocycles. The molecule has 0 fully saturated rings. The van der Waals surface area contributed by atoms with Crippen molar-refractivity contribution in [3.05, 3.63) is 127 Å². The standard InChI is InChI=1S/C42H37NS2/c1-7-28-32-14-9-12-30(41(32)44-39(28)25(6)23(2)3)26-17-19-37-35(21-26)36-22-27(18-20-38(36)43-37)31-13-10-16-34-33-15-8-11-29(24(4)5)40(33)45-42(31)34/h7-24,28,39,43H,1,6H2,2-5H3. The molecule has 2 unspecified atom stereocenters. The molecule has 1 N–H and O–H groups in total. The number of thioether (sulfide) groups is 1. The predicted molar refractivity (Wildman–Crippen MR) is 200 cm³/mol. The molecule has 3 heteroatoms. The van der Waals surface area contributed by atoms with Crippen LogP contribution in [0.5, 0.6) is 0 Å². The van der Waals surface area contributed by atoms with E-state index in [1.165, 1.54) is 85.8 Å². The summed E-state index contributed by atoms with van der Waals surface area (Å²) in [4.78, 5) is 5.06. The van der Waals surface area contributed by atoms with Crippen molar-refractivity contribution >= 4 is 65.1 Å². The molecule has 2 atom stereocenters. The number of H-pyrrole nitrogens is 1. The molecular formula is C42H37NS2. The Balaban J connectivity index is 1.26. The molecule has 0 saturated heterocycles. The molecular weight excluding hydrogens is 583 g/mol. The summed E-state index contributed by atoms with van der Waals surface area (Å²) in [5.74, 6) is 1.22. The summed E-state index contributed by atoms with van der Waals surface area (Å²) >= 11 is 3.91. The second-order valence-electron chi connectivity index (χ2n) is 13.1. The third-order valence-corrected chi connectivity index (χ3v) is 12.6. The molecule has 0 bridgehead atoms. The first kappa shape index (κ1) is 28.4. The monoisotopic (exact) mass is 619 g/mol. The average Bonchev–Trinajstić information content (AvgIpc) is 3.74. The number of hydrogen-bond acceptors (Lipinski definition) is 2. The number of hydrogen-bond donors (Lipinski definition) is 1. The van der Waals surface area contributed by atoms with Gasteiger partial charge in [-0.25, -0.2) is 0 Å². The van der Waals surface area contributed by atoms with E-state index in [9.17, 15) is 0 Å². The van der Waals surface area contributed by atoms with E-state index in [1.54, 1.807) is 0 Å². The van der Waals surface area contributed by atoms with Gasteiger partial charge in [-0.3, -0.25) is 0 Å². The lowest BCUT2D eigenvalue weighted by Gasteiger charge is -2.21. The maximum absolute atomic E-state index is 4.49. The maximum atomic E-state index is 4.49. The van der Waals surface area contributed by atoms with E-state index in [2.05, 4.69) is 143 Å². The van der Waals surface area contributed by atoms with Crippen molar-refractivity contribution in [1.82, 2.24) is 4.98 Å². The van der Waals surface area contributed by atoms with Gasteiger partial charge in [0.2, 0.25) is 0 Å². The Kier molecular flexibility index (Phi) is 6.82. The fourth-order valence-electron chi connectivity index (χ4n) is 7.18. The number of nitrogens with one attached hydrogen (secondary N) is 1. The topological polar surface area (TPSA) is 15.8 Å². The van der Waals surface area contributed by atoms with Crippen molar-refractivity contribution in [3.8, 4) is 22.3 Å². The number of allylic oxidation sites excluding steroid dienone is 1. The van der Waals surface area contributed by atoms with Crippen LogP contribution in [0, 0.1) is 5.92 Å². The Bertz CT molecular complexity index is 2310. The van der Waals surface area contributed by atoms with Crippen molar-refractivity contribution in [2.75, 3.05) is 0 Å². The highest BCUT2D eigenvalue weighted by atomic mass is 32.2. The average molecular weight is 620 g/mol. The minimum atomic E-state index is 0.285. The van der Waals surface area contributed by atoms with E-state index in [4.69, 9.17) is 0 Å². The Hall–Kier alpha value is -4.05. The summed E-state index contributed by atoms with van der Waals surface area (Å²) in [6.07, 6.45) is 2.12. The number of aromatic nitrogens is 1. The highest BCUT2D eigenvalue weighted by molar-refractivity contribution is 8.00. The van der Waals surface area contributed by atoms with E-state index in [0.717, 1.165) is 0 Å². The lowest BCUT2D eigenvalue weighted by molar-refractivity contribution is 0.700. The fourth-order valence-corrected chi connectivity index (χ4v) is 10.4. The first-order valence-corrected chi connectivity index (χ1v) is 17.6. The van der Waals surface area contributed by atoms with Crippen LogP contribution in [0.3, 0.4) is 0 Å². The van der Waals surface area contributed by atoms with Gasteiger partial charge < -0.3 is 4.98 Å². The SMILES string of the molecule is C=CC1c2cccc(-c3ccc4[nH]c5ccc(-c6cccc7c6sc6c(C(C)C)cccc67)cc5c4c3)c2SC1C(=C)C(C)C. The fraction of sp³-hybridized carbons (Fsp3) is 0.190. The molecule has 0 radical (unpaired) electrons. The summed E-state index contributed by atoms with van der Waals surface area (Å²) < 4.78 is 2.78. The van der Waals surface area contributed by atoms with E-state index in [0.29, 0.717) is 17.1 Å². The van der Waals surface area contributed by atoms with Gasteiger partial charge in [0.1, 0.15) is 0 Å². The van der Waals surface area contributed by atoms with E-state index >= 15 is 0 Å². The van der Waals surface area contributed by atoms with Crippen molar-refractivity contribution in [2.45, 2.75) is 49.7 Å². The predicted octanol–water partition coefficient (Wildman–Crippen LogP) is 13.1. The minimum Gasteiger partial charge on any atom is -0.355 e. The van der Waals surface area contributed by atoms with Gasteiger partial charge in [-0.15, -0.1) is 29.7 Å². The minimum absolute atomic E-state index is 0.285. The summed E-state index contributed by atoms with van der Waals surface area (Å²) in [7, 11) is 0. The van der Waals surface area contributed by atoms with Gasteiger partial charge in [-0.05, 0) is 69.5 Å². The third kappa shape index (κ3) is 4.43. The highest BCUT2D eigenvalue weighted by Gasteiger charge is 2.35.